The Morgan fingerprint density at radius 3 is 2.92 bits per heavy atom. The summed E-state index contributed by atoms with van der Waals surface area (Å²) >= 11 is 0. The molecule has 120 valence electrons. The normalized spacial score (nSPS) is 16.6. The Labute approximate surface area is 140 Å². The summed E-state index contributed by atoms with van der Waals surface area (Å²) in [7, 11) is 0. The Morgan fingerprint density at radius 1 is 1.21 bits per heavy atom. The van der Waals surface area contributed by atoms with Crippen LogP contribution >= 0.6 is 0 Å². The van der Waals surface area contributed by atoms with E-state index in [1.54, 1.807) is 0 Å². The molecular weight excluding hydrogens is 298 g/mol. The molecule has 4 heteroatoms. The van der Waals surface area contributed by atoms with E-state index >= 15 is 0 Å². The maximum Gasteiger partial charge on any atom is 0.230 e. The molecule has 0 spiro atoms. The van der Waals surface area contributed by atoms with E-state index in [9.17, 15) is 4.79 Å². The number of aryl methyl sites for hydroxylation is 1. The summed E-state index contributed by atoms with van der Waals surface area (Å²) in [5, 5.41) is 0. The van der Waals surface area contributed by atoms with Gasteiger partial charge in [0.25, 0.3) is 0 Å². The number of imidazole rings is 1. The van der Waals surface area contributed by atoms with Gasteiger partial charge < -0.3 is 9.30 Å². The first-order valence-electron chi connectivity index (χ1n) is 8.59. The summed E-state index contributed by atoms with van der Waals surface area (Å²) in [6, 6.07) is 10.6. The van der Waals surface area contributed by atoms with Crippen LogP contribution in [0.1, 0.15) is 24.0 Å². The third-order valence-corrected chi connectivity index (χ3v) is 5.08. The van der Waals surface area contributed by atoms with Crippen molar-refractivity contribution >= 4 is 17.2 Å². The molecule has 5 rings (SSSR count). The fraction of sp³-hybridized carbons (Fsp3) is 0.300. The molecule has 1 aliphatic carbocycles. The van der Waals surface area contributed by atoms with Crippen LogP contribution in [0.15, 0.2) is 42.7 Å². The summed E-state index contributed by atoms with van der Waals surface area (Å²) in [5.74, 6) is 0.585. The van der Waals surface area contributed by atoms with E-state index in [4.69, 9.17) is 4.98 Å². The number of anilines is 1. The van der Waals surface area contributed by atoms with Crippen molar-refractivity contribution in [3.8, 4) is 11.3 Å². The SMILES string of the molecule is Cc1ccn2cc(-c3ccc4c(c3)CCN4C(=O)C3CC3)nc2c1. The summed E-state index contributed by atoms with van der Waals surface area (Å²) in [4.78, 5) is 19.1. The van der Waals surface area contributed by atoms with Crippen LogP contribution in [0.25, 0.3) is 16.9 Å². The first-order chi connectivity index (χ1) is 11.7. The van der Waals surface area contributed by atoms with E-state index in [1.807, 2.05) is 11.1 Å². The van der Waals surface area contributed by atoms with E-state index in [0.29, 0.717) is 5.91 Å². The first-order valence-corrected chi connectivity index (χ1v) is 8.59. The number of carbonyl (C=O) groups is 1. The number of carbonyl (C=O) groups excluding carboxylic acids is 1. The Balaban J connectivity index is 1.52. The highest BCUT2D eigenvalue weighted by Gasteiger charge is 2.36. The minimum Gasteiger partial charge on any atom is -0.312 e. The molecule has 3 aromatic rings. The fourth-order valence-corrected chi connectivity index (χ4v) is 3.56. The van der Waals surface area contributed by atoms with Crippen LogP contribution in [0, 0.1) is 12.8 Å². The Hall–Kier alpha value is -2.62. The van der Waals surface area contributed by atoms with Gasteiger partial charge in [-0.05, 0) is 61.6 Å². The number of fused-ring (bicyclic) bond motifs is 2. The average molecular weight is 317 g/mol. The van der Waals surface area contributed by atoms with Crippen molar-refractivity contribution in [2.24, 2.45) is 5.92 Å². The predicted molar refractivity (Wildman–Crippen MR) is 94.1 cm³/mol. The summed E-state index contributed by atoms with van der Waals surface area (Å²) in [5.41, 5.74) is 6.63. The van der Waals surface area contributed by atoms with Crippen molar-refractivity contribution in [3.63, 3.8) is 0 Å². The molecule has 0 unspecified atom stereocenters. The third kappa shape index (κ3) is 2.13. The molecule has 1 aromatic carbocycles. The topological polar surface area (TPSA) is 37.6 Å². The van der Waals surface area contributed by atoms with E-state index in [0.717, 1.165) is 48.4 Å². The lowest BCUT2D eigenvalue weighted by molar-refractivity contribution is -0.119. The molecule has 24 heavy (non-hydrogen) atoms. The standard InChI is InChI=1S/C20H19N3O/c1-13-6-8-22-12-17(21-19(22)10-13)15-4-5-18-16(11-15)7-9-23(18)20(24)14-2-3-14/h4-6,8,10-12,14H,2-3,7,9H2,1H3. The number of nitrogens with zero attached hydrogens (tertiary/aromatic N) is 3. The third-order valence-electron chi connectivity index (χ3n) is 5.08. The van der Waals surface area contributed by atoms with E-state index < -0.39 is 0 Å². The molecule has 0 bridgehead atoms. The van der Waals surface area contributed by atoms with Gasteiger partial charge >= 0.3 is 0 Å². The lowest BCUT2D eigenvalue weighted by Crippen LogP contribution is -2.30. The van der Waals surface area contributed by atoms with E-state index in [-0.39, 0.29) is 5.92 Å². The summed E-state index contributed by atoms with van der Waals surface area (Å²) < 4.78 is 2.05. The molecule has 1 saturated carbocycles. The summed E-state index contributed by atoms with van der Waals surface area (Å²) in [6.45, 7) is 2.90. The quantitative estimate of drug-likeness (QED) is 0.724. The van der Waals surface area contributed by atoms with Gasteiger partial charge in [-0.2, -0.15) is 0 Å². The minimum absolute atomic E-state index is 0.275. The molecule has 0 saturated heterocycles. The van der Waals surface area contributed by atoms with Crippen LogP contribution in [-0.2, 0) is 11.2 Å². The van der Waals surface area contributed by atoms with E-state index in [2.05, 4.69) is 47.9 Å². The number of hydrogen-bond acceptors (Lipinski definition) is 2. The fourth-order valence-electron chi connectivity index (χ4n) is 3.56. The maximum absolute atomic E-state index is 12.4. The lowest BCUT2D eigenvalue weighted by atomic mass is 10.1. The van der Waals surface area contributed by atoms with Gasteiger partial charge in [0.2, 0.25) is 5.91 Å². The zero-order chi connectivity index (χ0) is 16.3. The molecule has 1 amide bonds. The number of aromatic nitrogens is 2. The van der Waals surface area contributed by atoms with Gasteiger partial charge in [0.15, 0.2) is 0 Å². The van der Waals surface area contributed by atoms with Gasteiger partial charge in [0.1, 0.15) is 5.65 Å². The van der Waals surface area contributed by atoms with Crippen LogP contribution < -0.4 is 4.90 Å². The van der Waals surface area contributed by atoms with Crippen molar-refractivity contribution in [3.05, 3.63) is 53.9 Å². The zero-order valence-corrected chi connectivity index (χ0v) is 13.7. The zero-order valence-electron chi connectivity index (χ0n) is 13.7. The van der Waals surface area contributed by atoms with Crippen molar-refractivity contribution in [1.82, 2.24) is 9.38 Å². The number of rotatable bonds is 2. The smallest absolute Gasteiger partial charge is 0.230 e. The number of pyridine rings is 1. The Kier molecular flexibility index (Phi) is 2.84. The maximum atomic E-state index is 12.4. The van der Waals surface area contributed by atoms with Crippen LogP contribution in [-0.4, -0.2) is 21.8 Å². The van der Waals surface area contributed by atoms with Crippen LogP contribution in [0.4, 0.5) is 5.69 Å². The highest BCUT2D eigenvalue weighted by Crippen LogP contribution is 2.37. The first kappa shape index (κ1) is 13.8. The largest absolute Gasteiger partial charge is 0.312 e. The van der Waals surface area contributed by atoms with Crippen LogP contribution in [0.2, 0.25) is 0 Å². The predicted octanol–water partition coefficient (Wildman–Crippen LogP) is 3.61. The molecule has 0 N–H and O–H groups in total. The molecule has 3 heterocycles. The monoisotopic (exact) mass is 317 g/mol. The molecule has 2 aromatic heterocycles. The van der Waals surface area contributed by atoms with Gasteiger partial charge in [0.05, 0.1) is 5.69 Å². The second-order valence-corrected chi connectivity index (χ2v) is 6.95. The Morgan fingerprint density at radius 2 is 2.08 bits per heavy atom. The molecule has 1 fully saturated rings. The molecule has 0 radical (unpaired) electrons. The van der Waals surface area contributed by atoms with Gasteiger partial charge in [0, 0.05) is 36.1 Å². The molecule has 1 aliphatic heterocycles. The number of hydrogen-bond donors (Lipinski definition) is 0. The highest BCUT2D eigenvalue weighted by molar-refractivity contribution is 5.98. The van der Waals surface area contributed by atoms with E-state index in [1.165, 1.54) is 11.1 Å². The van der Waals surface area contributed by atoms with Crippen molar-refractivity contribution in [2.75, 3.05) is 11.4 Å². The molecular formula is C20H19N3O. The van der Waals surface area contributed by atoms with Gasteiger partial charge in [-0.1, -0.05) is 6.07 Å². The summed E-state index contributed by atoms with van der Waals surface area (Å²) in [6.07, 6.45) is 7.17. The Bertz CT molecular complexity index is 968. The van der Waals surface area contributed by atoms with Crippen molar-refractivity contribution in [1.29, 1.82) is 0 Å². The van der Waals surface area contributed by atoms with Crippen LogP contribution in [0.5, 0.6) is 0 Å². The van der Waals surface area contributed by atoms with Crippen molar-refractivity contribution in [2.45, 2.75) is 26.2 Å². The second-order valence-electron chi connectivity index (χ2n) is 6.95. The second kappa shape index (κ2) is 4.94. The van der Waals surface area contributed by atoms with Gasteiger partial charge in [-0.3, -0.25) is 4.79 Å². The minimum atomic E-state index is 0.275. The molecule has 4 nitrogen and oxygen atoms in total. The van der Waals surface area contributed by atoms with Crippen molar-refractivity contribution < 1.29 is 4.79 Å². The number of amides is 1. The highest BCUT2D eigenvalue weighted by atomic mass is 16.2. The molecule has 2 aliphatic rings. The number of benzene rings is 1. The van der Waals surface area contributed by atoms with Gasteiger partial charge in [-0.15, -0.1) is 0 Å². The molecule has 0 atom stereocenters. The van der Waals surface area contributed by atoms with Gasteiger partial charge in [-0.25, -0.2) is 4.98 Å². The van der Waals surface area contributed by atoms with Crippen LogP contribution in [0.3, 0.4) is 0 Å². The average Bonchev–Trinajstić information content (AvgIpc) is 3.22. The lowest BCUT2D eigenvalue weighted by Gasteiger charge is -2.17.